The van der Waals surface area contributed by atoms with Gasteiger partial charge in [0.2, 0.25) is 0 Å². The molecule has 5 fully saturated rings. The summed E-state index contributed by atoms with van der Waals surface area (Å²) in [4.78, 5) is 17.5. The van der Waals surface area contributed by atoms with Crippen molar-refractivity contribution in [3.05, 3.63) is 46.7 Å². The Balaban J connectivity index is 1.27. The number of anilines is 2. The summed E-state index contributed by atoms with van der Waals surface area (Å²) in [6, 6.07) is 0.664. The van der Waals surface area contributed by atoms with Crippen LogP contribution in [0.2, 0.25) is 0 Å². The summed E-state index contributed by atoms with van der Waals surface area (Å²) in [6.07, 6.45) is 0.210. The van der Waals surface area contributed by atoms with Crippen LogP contribution in [0, 0.1) is 29.9 Å². The quantitative estimate of drug-likeness (QED) is 0.122. The number of nitrogen functional groups attached to an aromatic ring is 1. The van der Waals surface area contributed by atoms with Crippen LogP contribution in [0.1, 0.15) is 56.1 Å². The molecule has 2 saturated carbocycles. The highest BCUT2D eigenvalue weighted by molar-refractivity contribution is 14.1. The molecular formula is C33H32F7IN6O. The Labute approximate surface area is 285 Å². The number of nitrogens with two attached hydrogens (primary N) is 1. The lowest BCUT2D eigenvalue weighted by atomic mass is 9.80. The molecule has 7 nitrogen and oxygen atoms in total. The number of benzene rings is 1. The second-order valence-electron chi connectivity index (χ2n) is 13.9. The number of pyridine rings is 1. The van der Waals surface area contributed by atoms with Gasteiger partial charge in [-0.05, 0) is 75.0 Å². The molecule has 3 saturated heterocycles. The molecule has 2 N–H and O–H groups in total. The summed E-state index contributed by atoms with van der Waals surface area (Å²) in [5, 5.41) is 0.199. The van der Waals surface area contributed by atoms with Gasteiger partial charge in [-0.2, -0.15) is 31.9 Å². The summed E-state index contributed by atoms with van der Waals surface area (Å²) in [7, 11) is 0. The topological polar surface area (TPSA) is 80.4 Å². The van der Waals surface area contributed by atoms with Gasteiger partial charge in [-0.3, -0.25) is 9.88 Å². The minimum Gasteiger partial charge on any atom is -0.461 e. The van der Waals surface area contributed by atoms with Crippen molar-refractivity contribution >= 4 is 45.0 Å². The summed E-state index contributed by atoms with van der Waals surface area (Å²) in [6.45, 7) is 2.36. The highest BCUT2D eigenvalue weighted by Gasteiger charge is 2.68. The van der Waals surface area contributed by atoms with E-state index in [2.05, 4.69) is 37.5 Å². The molecule has 256 valence electrons. The minimum atomic E-state index is -5.04. The van der Waals surface area contributed by atoms with Gasteiger partial charge >= 0.3 is 12.2 Å². The summed E-state index contributed by atoms with van der Waals surface area (Å²) in [5.74, 6) is -1.64. The fourth-order valence-corrected chi connectivity index (χ4v) is 10.2. The first-order valence-corrected chi connectivity index (χ1v) is 17.3. The molecule has 1 spiro atoms. The Morgan fingerprint density at radius 1 is 1.10 bits per heavy atom. The van der Waals surface area contributed by atoms with Gasteiger partial charge in [0.1, 0.15) is 29.5 Å². The first-order valence-electron chi connectivity index (χ1n) is 16.1. The van der Waals surface area contributed by atoms with E-state index in [0.717, 1.165) is 51.5 Å². The molecule has 4 atom stereocenters. The van der Waals surface area contributed by atoms with E-state index in [0.29, 0.717) is 28.7 Å². The number of alkyl halides is 4. The van der Waals surface area contributed by atoms with Crippen LogP contribution in [0.5, 0.6) is 6.01 Å². The molecule has 5 heterocycles. The van der Waals surface area contributed by atoms with E-state index in [9.17, 15) is 26.3 Å². The third-order valence-corrected chi connectivity index (χ3v) is 13.1. The monoisotopic (exact) mass is 788 g/mol. The second kappa shape index (κ2) is 11.0. The van der Waals surface area contributed by atoms with Crippen molar-refractivity contribution in [2.24, 2.45) is 11.3 Å². The Hall–Kier alpha value is -2.95. The number of halogens is 8. The fourth-order valence-electron chi connectivity index (χ4n) is 8.74. The zero-order valence-electron chi connectivity index (χ0n) is 25.9. The zero-order chi connectivity index (χ0) is 33.9. The molecule has 15 heteroatoms. The SMILES string of the molecule is Cc1c(F)c(N)cc(-c2ncc3c(N4CCCC[C@H]5[C@H](I)[C@H]54)nc(OC[C@]45CC(=C(F)F)CN4CCC54CC4)nc3c2F)c1C(F)(F)F. The Kier molecular flexibility index (Phi) is 7.41. The maximum absolute atomic E-state index is 16.7. The Bertz CT molecular complexity index is 1880. The first-order chi connectivity index (χ1) is 22.8. The molecule has 0 unspecified atom stereocenters. The van der Waals surface area contributed by atoms with Gasteiger partial charge in [0, 0.05) is 40.4 Å². The fraction of sp³-hybridized carbons (Fsp3) is 0.545. The summed E-state index contributed by atoms with van der Waals surface area (Å²) >= 11 is 2.40. The van der Waals surface area contributed by atoms with Crippen molar-refractivity contribution in [1.82, 2.24) is 19.9 Å². The average Bonchev–Trinajstić information content (AvgIpc) is 3.90. The molecule has 1 aromatic carbocycles. The molecule has 0 amide bonds. The average molecular weight is 789 g/mol. The normalized spacial score (nSPS) is 27.7. The van der Waals surface area contributed by atoms with Crippen LogP contribution < -0.4 is 15.4 Å². The lowest BCUT2D eigenvalue weighted by Gasteiger charge is -2.36. The first kappa shape index (κ1) is 32.3. The third kappa shape index (κ3) is 4.79. The maximum atomic E-state index is 16.7. The van der Waals surface area contributed by atoms with Crippen LogP contribution >= 0.6 is 22.6 Å². The van der Waals surface area contributed by atoms with E-state index in [1.54, 1.807) is 0 Å². The van der Waals surface area contributed by atoms with Crippen molar-refractivity contribution in [3.8, 4) is 17.3 Å². The molecule has 0 radical (unpaired) electrons. The van der Waals surface area contributed by atoms with Crippen molar-refractivity contribution in [1.29, 1.82) is 0 Å². The van der Waals surface area contributed by atoms with Crippen LogP contribution in [0.25, 0.3) is 22.2 Å². The van der Waals surface area contributed by atoms with E-state index >= 15 is 4.39 Å². The van der Waals surface area contributed by atoms with E-state index in [1.165, 1.54) is 6.20 Å². The number of rotatable bonds is 5. The molecule has 2 aliphatic carbocycles. The molecule has 8 rings (SSSR count). The van der Waals surface area contributed by atoms with Crippen molar-refractivity contribution < 1.29 is 35.5 Å². The number of ether oxygens (including phenoxy) is 1. The Morgan fingerprint density at radius 2 is 1.88 bits per heavy atom. The molecule has 5 aliphatic rings. The maximum Gasteiger partial charge on any atom is 0.417 e. The van der Waals surface area contributed by atoms with Gasteiger partial charge in [0.25, 0.3) is 6.08 Å². The minimum absolute atomic E-state index is 0.00115. The zero-order valence-corrected chi connectivity index (χ0v) is 28.1. The van der Waals surface area contributed by atoms with Crippen molar-refractivity contribution in [2.75, 3.05) is 36.9 Å². The molecular weight excluding hydrogens is 756 g/mol. The van der Waals surface area contributed by atoms with E-state index in [4.69, 9.17) is 15.5 Å². The molecule has 3 aromatic rings. The van der Waals surface area contributed by atoms with Crippen LogP contribution in [0.15, 0.2) is 23.9 Å². The van der Waals surface area contributed by atoms with Gasteiger partial charge in [0.05, 0.1) is 22.2 Å². The highest BCUT2D eigenvalue weighted by Crippen LogP contribution is 2.66. The number of nitrogens with zero attached hydrogens (tertiary/aromatic N) is 5. The van der Waals surface area contributed by atoms with E-state index < -0.39 is 57.5 Å². The van der Waals surface area contributed by atoms with Crippen molar-refractivity contribution in [3.63, 3.8) is 0 Å². The molecule has 0 bridgehead atoms. The van der Waals surface area contributed by atoms with Crippen LogP contribution in [-0.2, 0) is 6.18 Å². The number of hydrogen-bond acceptors (Lipinski definition) is 7. The van der Waals surface area contributed by atoms with Gasteiger partial charge in [-0.15, -0.1) is 0 Å². The van der Waals surface area contributed by atoms with Crippen LogP contribution in [-0.4, -0.2) is 61.6 Å². The van der Waals surface area contributed by atoms with Crippen LogP contribution in [0.4, 0.5) is 42.2 Å². The predicted octanol–water partition coefficient (Wildman–Crippen LogP) is 7.83. The second-order valence-corrected chi connectivity index (χ2v) is 15.4. The number of aromatic nitrogens is 3. The highest BCUT2D eigenvalue weighted by atomic mass is 127. The standard InChI is InChI=1S/C33H32F7IN6O/c1-15-21(33(38,39)40)18(10-20(42)22(15)34)25-23(35)26-19(12-43-25)29(47-8-3-2-4-17-24(41)27(17)47)45-30(44-26)48-14-32-11-16(28(36)37)13-46(32)9-7-31(32)5-6-31/h10,12,17,24,27H,2-9,11,13-14,42H2,1H3/t17-,24-,27-,32-/m0/s1. The summed E-state index contributed by atoms with van der Waals surface area (Å²) < 4.78 is 108. The van der Waals surface area contributed by atoms with E-state index in [-0.39, 0.29) is 53.5 Å². The molecule has 48 heavy (non-hydrogen) atoms. The summed E-state index contributed by atoms with van der Waals surface area (Å²) in [5.41, 5.74) is 0.526. The number of hydrogen-bond donors (Lipinski definition) is 1. The number of fused-ring (bicyclic) bond motifs is 4. The third-order valence-electron chi connectivity index (χ3n) is 11.5. The van der Waals surface area contributed by atoms with Gasteiger partial charge < -0.3 is 15.4 Å². The predicted molar refractivity (Wildman–Crippen MR) is 173 cm³/mol. The Morgan fingerprint density at radius 3 is 2.58 bits per heavy atom. The van der Waals surface area contributed by atoms with Crippen molar-refractivity contribution in [2.45, 2.75) is 73.6 Å². The van der Waals surface area contributed by atoms with Gasteiger partial charge in [-0.1, -0.05) is 29.0 Å². The molecule has 3 aliphatic heterocycles. The van der Waals surface area contributed by atoms with Gasteiger partial charge in [0.15, 0.2) is 5.82 Å². The van der Waals surface area contributed by atoms with E-state index in [1.807, 2.05) is 4.90 Å². The van der Waals surface area contributed by atoms with Crippen LogP contribution in [0.3, 0.4) is 0 Å². The smallest absolute Gasteiger partial charge is 0.417 e. The lowest BCUT2D eigenvalue weighted by molar-refractivity contribution is -0.137. The molecule has 2 aromatic heterocycles. The van der Waals surface area contributed by atoms with Gasteiger partial charge in [-0.25, -0.2) is 8.78 Å². The lowest BCUT2D eigenvalue weighted by Crippen LogP contribution is -2.49. The largest absolute Gasteiger partial charge is 0.461 e.